The third-order valence-corrected chi connectivity index (χ3v) is 8.38. The summed E-state index contributed by atoms with van der Waals surface area (Å²) in [5, 5.41) is 3.09. The van der Waals surface area contributed by atoms with Crippen molar-refractivity contribution < 1.29 is 27.5 Å². The van der Waals surface area contributed by atoms with Gasteiger partial charge in [0.25, 0.3) is 5.91 Å². The molecule has 0 atom stereocenters. The van der Waals surface area contributed by atoms with Gasteiger partial charge in [-0.3, -0.25) is 4.79 Å². The number of carbonyl (C=O) groups is 2. The third-order valence-electron chi connectivity index (χ3n) is 4.87. The number of thiophene rings is 1. The summed E-state index contributed by atoms with van der Waals surface area (Å²) in [6.07, 6.45) is 0. The lowest BCUT2D eigenvalue weighted by atomic mass is 10.1. The number of aryl methyl sites for hydroxylation is 1. The molecule has 11 heteroatoms. The van der Waals surface area contributed by atoms with E-state index in [1.807, 2.05) is 6.92 Å². The van der Waals surface area contributed by atoms with Gasteiger partial charge in [0.2, 0.25) is 10.0 Å². The van der Waals surface area contributed by atoms with Crippen molar-refractivity contribution in [3.05, 3.63) is 44.8 Å². The number of rotatable bonds is 6. The second kappa shape index (κ2) is 9.66. The lowest BCUT2D eigenvalue weighted by Gasteiger charge is -2.26. The Morgan fingerprint density at radius 3 is 2.58 bits per heavy atom. The monoisotopic (exact) mass is 486 g/mol. The summed E-state index contributed by atoms with van der Waals surface area (Å²) in [6, 6.07) is 4.06. The molecule has 2 aromatic rings. The number of ether oxygens (including phenoxy) is 2. The zero-order valence-corrected chi connectivity index (χ0v) is 19.7. The van der Waals surface area contributed by atoms with E-state index in [1.54, 1.807) is 13.8 Å². The van der Waals surface area contributed by atoms with E-state index in [0.717, 1.165) is 10.4 Å². The summed E-state index contributed by atoms with van der Waals surface area (Å²) in [4.78, 5) is 26.0. The lowest BCUT2D eigenvalue weighted by Crippen LogP contribution is -2.40. The fourth-order valence-electron chi connectivity index (χ4n) is 3.11. The Bertz CT molecular complexity index is 1110. The maximum absolute atomic E-state index is 13.0. The molecule has 2 heterocycles. The van der Waals surface area contributed by atoms with Gasteiger partial charge in [-0.05, 0) is 44.5 Å². The molecule has 3 rings (SSSR count). The van der Waals surface area contributed by atoms with Crippen molar-refractivity contribution in [3.63, 3.8) is 0 Å². The number of morpholine rings is 1. The van der Waals surface area contributed by atoms with E-state index in [0.29, 0.717) is 23.8 Å². The Hall–Kier alpha value is -1.98. The van der Waals surface area contributed by atoms with Crippen LogP contribution >= 0.6 is 22.9 Å². The number of hydrogen-bond acceptors (Lipinski definition) is 7. The van der Waals surface area contributed by atoms with Gasteiger partial charge in [-0.25, -0.2) is 13.2 Å². The molecular weight excluding hydrogens is 464 g/mol. The second-order valence-corrected chi connectivity index (χ2v) is 10.4. The predicted molar refractivity (Wildman–Crippen MR) is 119 cm³/mol. The van der Waals surface area contributed by atoms with Gasteiger partial charge in [0.05, 0.1) is 30.4 Å². The van der Waals surface area contributed by atoms with Gasteiger partial charge >= 0.3 is 5.97 Å². The highest BCUT2D eigenvalue weighted by Gasteiger charge is 2.29. The largest absolute Gasteiger partial charge is 0.462 e. The van der Waals surface area contributed by atoms with Crippen LogP contribution in [-0.4, -0.2) is 57.5 Å². The van der Waals surface area contributed by atoms with Gasteiger partial charge in [-0.1, -0.05) is 11.6 Å². The highest BCUT2D eigenvalue weighted by atomic mass is 35.5. The molecule has 1 aliphatic rings. The standard InChI is InChI=1S/C20H23ClN2O6S2/c1-4-29-20(25)17-12(2)13(3)30-19(17)22-18(24)14-5-6-15(21)16(11-14)31(26,27)23-7-9-28-10-8-23/h5-6,11H,4,7-10H2,1-3H3,(H,22,24). The van der Waals surface area contributed by atoms with Gasteiger partial charge in [0, 0.05) is 23.5 Å². The Balaban J connectivity index is 1.91. The van der Waals surface area contributed by atoms with Crippen LogP contribution in [0.5, 0.6) is 0 Å². The summed E-state index contributed by atoms with van der Waals surface area (Å²) >= 11 is 7.42. The zero-order valence-electron chi connectivity index (χ0n) is 17.4. The summed E-state index contributed by atoms with van der Waals surface area (Å²) in [7, 11) is -3.88. The van der Waals surface area contributed by atoms with Crippen LogP contribution in [0.4, 0.5) is 5.00 Å². The molecule has 1 aliphatic heterocycles. The molecule has 0 bridgehead atoms. The maximum atomic E-state index is 13.0. The number of halogens is 1. The summed E-state index contributed by atoms with van der Waals surface area (Å²) < 4.78 is 37.6. The Kier molecular flexibility index (Phi) is 7.38. The fraction of sp³-hybridized carbons (Fsp3) is 0.400. The molecule has 168 valence electrons. The van der Waals surface area contributed by atoms with E-state index >= 15 is 0 Å². The van der Waals surface area contributed by atoms with Crippen molar-refractivity contribution in [2.24, 2.45) is 0 Å². The molecule has 8 nitrogen and oxygen atoms in total. The number of amides is 1. The summed E-state index contributed by atoms with van der Waals surface area (Å²) in [5.41, 5.74) is 1.13. The Labute approximate surface area is 190 Å². The van der Waals surface area contributed by atoms with Gasteiger partial charge in [0.1, 0.15) is 9.90 Å². The summed E-state index contributed by atoms with van der Waals surface area (Å²) in [6.45, 7) is 6.55. The molecule has 0 radical (unpaired) electrons. The minimum atomic E-state index is -3.88. The molecule has 0 saturated carbocycles. The van der Waals surface area contributed by atoms with Gasteiger partial charge in [-0.2, -0.15) is 4.31 Å². The normalized spacial score (nSPS) is 15.0. The van der Waals surface area contributed by atoms with Crippen LogP contribution in [0.3, 0.4) is 0 Å². The quantitative estimate of drug-likeness (QED) is 0.627. The zero-order chi connectivity index (χ0) is 22.8. The van der Waals surface area contributed by atoms with E-state index in [-0.39, 0.29) is 35.2 Å². The number of sulfonamides is 1. The van der Waals surface area contributed by atoms with Crippen LogP contribution < -0.4 is 5.32 Å². The van der Waals surface area contributed by atoms with Crippen LogP contribution in [0.2, 0.25) is 5.02 Å². The topological polar surface area (TPSA) is 102 Å². The van der Waals surface area contributed by atoms with Crippen LogP contribution in [0, 0.1) is 13.8 Å². The summed E-state index contributed by atoms with van der Waals surface area (Å²) in [5.74, 6) is -1.08. The number of anilines is 1. The first-order valence-electron chi connectivity index (χ1n) is 9.62. The first-order valence-corrected chi connectivity index (χ1v) is 12.3. The molecule has 0 spiro atoms. The number of esters is 1. The van der Waals surface area contributed by atoms with E-state index < -0.39 is 21.9 Å². The minimum Gasteiger partial charge on any atom is -0.462 e. The van der Waals surface area contributed by atoms with Crippen molar-refractivity contribution in [3.8, 4) is 0 Å². The maximum Gasteiger partial charge on any atom is 0.341 e. The molecular formula is C20H23ClN2O6S2. The van der Waals surface area contributed by atoms with Crippen molar-refractivity contribution in [1.29, 1.82) is 0 Å². The molecule has 31 heavy (non-hydrogen) atoms. The first-order chi connectivity index (χ1) is 14.7. The smallest absolute Gasteiger partial charge is 0.341 e. The first kappa shape index (κ1) is 23.7. The molecule has 1 saturated heterocycles. The van der Waals surface area contributed by atoms with Crippen molar-refractivity contribution in [2.75, 3.05) is 38.2 Å². The van der Waals surface area contributed by atoms with E-state index in [1.165, 1.54) is 33.8 Å². The molecule has 0 aliphatic carbocycles. The highest BCUT2D eigenvalue weighted by Crippen LogP contribution is 2.34. The minimum absolute atomic E-state index is 0.0260. The second-order valence-electron chi connectivity index (χ2n) is 6.82. The van der Waals surface area contributed by atoms with Crippen LogP contribution in [0.1, 0.15) is 38.1 Å². The van der Waals surface area contributed by atoms with Crippen molar-refractivity contribution in [2.45, 2.75) is 25.7 Å². The number of carbonyl (C=O) groups excluding carboxylic acids is 2. The number of hydrogen-bond donors (Lipinski definition) is 1. The molecule has 1 fully saturated rings. The Morgan fingerprint density at radius 1 is 1.26 bits per heavy atom. The number of nitrogens with zero attached hydrogens (tertiary/aromatic N) is 1. The molecule has 0 unspecified atom stereocenters. The van der Waals surface area contributed by atoms with E-state index in [2.05, 4.69) is 5.32 Å². The van der Waals surface area contributed by atoms with Gasteiger partial charge in [0.15, 0.2) is 0 Å². The molecule has 1 N–H and O–H groups in total. The van der Waals surface area contributed by atoms with Crippen LogP contribution in [0.15, 0.2) is 23.1 Å². The molecule has 1 aromatic carbocycles. The van der Waals surface area contributed by atoms with Crippen molar-refractivity contribution >= 4 is 49.8 Å². The lowest BCUT2D eigenvalue weighted by molar-refractivity contribution is 0.0527. The van der Waals surface area contributed by atoms with Gasteiger partial charge in [-0.15, -0.1) is 11.3 Å². The van der Waals surface area contributed by atoms with Gasteiger partial charge < -0.3 is 14.8 Å². The Morgan fingerprint density at radius 2 is 1.94 bits per heavy atom. The van der Waals surface area contributed by atoms with Crippen LogP contribution in [-0.2, 0) is 19.5 Å². The average Bonchev–Trinajstić information content (AvgIpc) is 3.02. The van der Waals surface area contributed by atoms with E-state index in [4.69, 9.17) is 21.1 Å². The third kappa shape index (κ3) is 4.93. The average molecular weight is 487 g/mol. The predicted octanol–water partition coefficient (Wildman–Crippen LogP) is 3.47. The van der Waals surface area contributed by atoms with Crippen molar-refractivity contribution in [1.82, 2.24) is 4.31 Å². The molecule has 1 aromatic heterocycles. The number of nitrogens with one attached hydrogen (secondary N) is 1. The van der Waals surface area contributed by atoms with E-state index in [9.17, 15) is 18.0 Å². The highest BCUT2D eigenvalue weighted by molar-refractivity contribution is 7.89. The van der Waals surface area contributed by atoms with Crippen LogP contribution in [0.25, 0.3) is 0 Å². The SMILES string of the molecule is CCOC(=O)c1c(NC(=O)c2ccc(Cl)c(S(=O)(=O)N3CCOCC3)c2)sc(C)c1C. The number of benzene rings is 1. The molecule has 1 amide bonds. The fourth-order valence-corrected chi connectivity index (χ4v) is 6.06.